The number of hydrogen-bond acceptors (Lipinski definition) is 6. The van der Waals surface area contributed by atoms with E-state index in [4.69, 9.17) is 5.73 Å². The Morgan fingerprint density at radius 3 is 2.14 bits per heavy atom. The van der Waals surface area contributed by atoms with Gasteiger partial charge in [-0.15, -0.1) is 0 Å². The molecule has 2 N–H and O–H groups in total. The van der Waals surface area contributed by atoms with Crippen molar-refractivity contribution in [3.8, 4) is 0 Å². The standard InChI is InChI=1S/C12H21N3O4S2/c1-14(2)21(18,19)10-5-6-11(13)12(9-10)15(3)7-8-20(4,16)17/h5-6,9H,7-8,13H2,1-4H3. The fourth-order valence-corrected chi connectivity index (χ4v) is 3.18. The molecule has 0 aliphatic rings. The van der Waals surface area contributed by atoms with Crippen LogP contribution in [0.3, 0.4) is 0 Å². The van der Waals surface area contributed by atoms with E-state index in [1.54, 1.807) is 11.9 Å². The minimum atomic E-state index is -3.56. The lowest BCUT2D eigenvalue weighted by atomic mass is 10.2. The first-order chi connectivity index (χ1) is 9.45. The second-order valence-corrected chi connectivity index (χ2v) is 9.47. The van der Waals surface area contributed by atoms with E-state index >= 15 is 0 Å². The monoisotopic (exact) mass is 335 g/mol. The molecule has 0 heterocycles. The van der Waals surface area contributed by atoms with Gasteiger partial charge in [-0.1, -0.05) is 0 Å². The van der Waals surface area contributed by atoms with Gasteiger partial charge in [-0.3, -0.25) is 0 Å². The molecular weight excluding hydrogens is 314 g/mol. The van der Waals surface area contributed by atoms with E-state index in [-0.39, 0.29) is 17.2 Å². The molecule has 0 aliphatic heterocycles. The molecule has 0 spiro atoms. The van der Waals surface area contributed by atoms with Gasteiger partial charge in [-0.05, 0) is 18.2 Å². The lowest BCUT2D eigenvalue weighted by Gasteiger charge is -2.22. The molecule has 0 atom stereocenters. The third kappa shape index (κ3) is 4.58. The molecule has 0 fully saturated rings. The van der Waals surface area contributed by atoms with Crippen molar-refractivity contribution in [3.63, 3.8) is 0 Å². The molecule has 1 aromatic carbocycles. The third-order valence-electron chi connectivity index (χ3n) is 2.99. The van der Waals surface area contributed by atoms with Crippen LogP contribution in [0.15, 0.2) is 23.1 Å². The average Bonchev–Trinajstić information content (AvgIpc) is 2.35. The van der Waals surface area contributed by atoms with Crippen LogP contribution in [0.2, 0.25) is 0 Å². The molecule has 1 aromatic rings. The van der Waals surface area contributed by atoms with Crippen molar-refractivity contribution in [2.75, 3.05) is 50.3 Å². The summed E-state index contributed by atoms with van der Waals surface area (Å²) in [5.41, 5.74) is 6.73. The number of nitrogen functional groups attached to an aromatic ring is 1. The summed E-state index contributed by atoms with van der Waals surface area (Å²) in [6.07, 6.45) is 1.15. The highest BCUT2D eigenvalue weighted by atomic mass is 32.2. The van der Waals surface area contributed by atoms with Crippen molar-refractivity contribution in [3.05, 3.63) is 18.2 Å². The minimum absolute atomic E-state index is 0.0341. The summed E-state index contributed by atoms with van der Waals surface area (Å²) in [5, 5.41) is 0. The second-order valence-electron chi connectivity index (χ2n) is 5.06. The van der Waals surface area contributed by atoms with Crippen LogP contribution < -0.4 is 10.6 Å². The number of anilines is 2. The maximum Gasteiger partial charge on any atom is 0.242 e. The Kier molecular flexibility index (Phi) is 5.24. The van der Waals surface area contributed by atoms with Crippen molar-refractivity contribution < 1.29 is 16.8 Å². The largest absolute Gasteiger partial charge is 0.397 e. The molecule has 9 heteroatoms. The highest BCUT2D eigenvalue weighted by molar-refractivity contribution is 7.90. The van der Waals surface area contributed by atoms with Crippen molar-refractivity contribution in [1.29, 1.82) is 0 Å². The van der Waals surface area contributed by atoms with Crippen LogP contribution in [0.25, 0.3) is 0 Å². The van der Waals surface area contributed by atoms with Gasteiger partial charge in [-0.25, -0.2) is 21.1 Å². The molecular formula is C12H21N3O4S2. The van der Waals surface area contributed by atoms with Crippen LogP contribution in [0, 0.1) is 0 Å². The van der Waals surface area contributed by atoms with Gasteiger partial charge in [0.1, 0.15) is 9.84 Å². The number of hydrogen-bond donors (Lipinski definition) is 1. The summed E-state index contributed by atoms with van der Waals surface area (Å²) in [7, 11) is -2.11. The predicted octanol–water partition coefficient (Wildman–Crippen LogP) is -0.0001000. The SMILES string of the molecule is CN(CCS(C)(=O)=O)c1cc(S(=O)(=O)N(C)C)ccc1N. The summed E-state index contributed by atoms with van der Waals surface area (Å²) in [4.78, 5) is 1.74. The Morgan fingerprint density at radius 2 is 1.67 bits per heavy atom. The first kappa shape index (κ1) is 17.7. The van der Waals surface area contributed by atoms with Crippen LogP contribution in [-0.2, 0) is 19.9 Å². The van der Waals surface area contributed by atoms with Gasteiger partial charge >= 0.3 is 0 Å². The smallest absolute Gasteiger partial charge is 0.242 e. The number of sulfone groups is 1. The zero-order valence-electron chi connectivity index (χ0n) is 12.6. The van der Waals surface area contributed by atoms with Crippen LogP contribution in [0.5, 0.6) is 0 Å². The van der Waals surface area contributed by atoms with Crippen molar-refractivity contribution >= 4 is 31.2 Å². The normalized spacial score (nSPS) is 12.6. The molecule has 1 rings (SSSR count). The zero-order chi connectivity index (χ0) is 16.4. The zero-order valence-corrected chi connectivity index (χ0v) is 14.2. The molecule has 0 saturated carbocycles. The van der Waals surface area contributed by atoms with Gasteiger partial charge in [0.15, 0.2) is 0 Å². The molecule has 0 saturated heterocycles. The first-order valence-corrected chi connectivity index (χ1v) is 9.66. The quantitative estimate of drug-likeness (QED) is 0.734. The van der Waals surface area contributed by atoms with Gasteiger partial charge < -0.3 is 10.6 Å². The maximum atomic E-state index is 12.1. The van der Waals surface area contributed by atoms with E-state index in [1.165, 1.54) is 32.3 Å². The average molecular weight is 335 g/mol. The lowest BCUT2D eigenvalue weighted by Crippen LogP contribution is -2.26. The van der Waals surface area contributed by atoms with E-state index in [2.05, 4.69) is 0 Å². The predicted molar refractivity (Wildman–Crippen MR) is 84.7 cm³/mol. The fraction of sp³-hybridized carbons (Fsp3) is 0.500. The van der Waals surface area contributed by atoms with E-state index in [9.17, 15) is 16.8 Å². The Hall–Kier alpha value is -1.32. The van der Waals surface area contributed by atoms with E-state index in [1.807, 2.05) is 0 Å². The molecule has 0 unspecified atom stereocenters. The van der Waals surface area contributed by atoms with Crippen molar-refractivity contribution in [2.45, 2.75) is 4.90 Å². The van der Waals surface area contributed by atoms with Gasteiger partial charge in [0.2, 0.25) is 10.0 Å². The summed E-state index contributed by atoms with van der Waals surface area (Å²) >= 11 is 0. The number of sulfonamides is 1. The molecule has 21 heavy (non-hydrogen) atoms. The Morgan fingerprint density at radius 1 is 1.10 bits per heavy atom. The summed E-state index contributed by atoms with van der Waals surface area (Å²) < 4.78 is 47.7. The van der Waals surface area contributed by atoms with E-state index in [0.29, 0.717) is 11.4 Å². The number of rotatable bonds is 6. The molecule has 0 amide bonds. The molecule has 0 aromatic heterocycles. The Balaban J connectivity index is 3.14. The molecule has 0 radical (unpaired) electrons. The number of benzene rings is 1. The first-order valence-electron chi connectivity index (χ1n) is 6.16. The number of nitrogens with zero attached hydrogens (tertiary/aromatic N) is 2. The minimum Gasteiger partial charge on any atom is -0.397 e. The van der Waals surface area contributed by atoms with Crippen molar-refractivity contribution in [1.82, 2.24) is 4.31 Å². The van der Waals surface area contributed by atoms with Crippen LogP contribution >= 0.6 is 0 Å². The van der Waals surface area contributed by atoms with Crippen LogP contribution in [0.4, 0.5) is 11.4 Å². The van der Waals surface area contributed by atoms with Crippen LogP contribution in [-0.4, -0.2) is 60.8 Å². The molecule has 0 bridgehead atoms. The maximum absolute atomic E-state index is 12.1. The third-order valence-corrected chi connectivity index (χ3v) is 5.72. The van der Waals surface area contributed by atoms with Gasteiger partial charge in [0.25, 0.3) is 0 Å². The van der Waals surface area contributed by atoms with Gasteiger partial charge in [-0.2, -0.15) is 0 Å². The fourth-order valence-electron chi connectivity index (χ4n) is 1.65. The summed E-state index contributed by atoms with van der Waals surface area (Å²) in [6, 6.07) is 4.38. The summed E-state index contributed by atoms with van der Waals surface area (Å²) in [5.74, 6) is -0.0341. The van der Waals surface area contributed by atoms with E-state index in [0.717, 1.165) is 10.6 Å². The topological polar surface area (TPSA) is 101 Å². The Bertz CT molecular complexity index is 712. The van der Waals surface area contributed by atoms with Gasteiger partial charge in [0, 0.05) is 33.9 Å². The second kappa shape index (κ2) is 6.20. The molecule has 120 valence electrons. The van der Waals surface area contributed by atoms with Crippen LogP contribution in [0.1, 0.15) is 0 Å². The summed E-state index contributed by atoms with van der Waals surface area (Å²) in [6.45, 7) is 0.231. The van der Waals surface area contributed by atoms with Gasteiger partial charge in [0.05, 0.1) is 22.0 Å². The number of nitrogens with two attached hydrogens (primary N) is 1. The van der Waals surface area contributed by atoms with E-state index < -0.39 is 19.9 Å². The molecule has 7 nitrogen and oxygen atoms in total. The lowest BCUT2D eigenvalue weighted by molar-refractivity contribution is 0.520. The Labute approximate surface area is 126 Å². The highest BCUT2D eigenvalue weighted by Gasteiger charge is 2.19. The highest BCUT2D eigenvalue weighted by Crippen LogP contribution is 2.26. The van der Waals surface area contributed by atoms with Crippen molar-refractivity contribution in [2.24, 2.45) is 0 Å². The molecule has 0 aliphatic carbocycles.